The van der Waals surface area contributed by atoms with Crippen molar-refractivity contribution in [3.63, 3.8) is 0 Å². The van der Waals surface area contributed by atoms with Crippen LogP contribution in [0.2, 0.25) is 0 Å². The molecular weight excluding hydrogens is 612 g/mol. The summed E-state index contributed by atoms with van der Waals surface area (Å²) in [6, 6.07) is 7.00. The van der Waals surface area contributed by atoms with E-state index in [1.807, 2.05) is 6.07 Å². The number of carboxylic acid groups (broad SMARTS) is 1. The number of hydrogen-bond acceptors (Lipinski definition) is 14. The minimum Gasteiger partial charge on any atom is -0.492 e. The molecule has 5 N–H and O–H groups in total. The van der Waals surface area contributed by atoms with Crippen LogP contribution in [0.1, 0.15) is 61.3 Å². The average Bonchev–Trinajstić information content (AvgIpc) is 3.61. The van der Waals surface area contributed by atoms with E-state index in [4.69, 9.17) is 43.3 Å². The number of carbonyl (C=O) groups excluding carboxylic acids is 1. The maximum Gasteiger partial charge on any atom is 0.317 e. The molecule has 4 aliphatic heterocycles. The lowest BCUT2D eigenvalue weighted by molar-refractivity contribution is -0.365. The van der Waals surface area contributed by atoms with Crippen LogP contribution in [0.15, 0.2) is 24.3 Å². The fourth-order valence-electron chi connectivity index (χ4n) is 6.02. The smallest absolute Gasteiger partial charge is 0.317 e. The lowest BCUT2D eigenvalue weighted by Gasteiger charge is -2.39. The molecule has 250 valence electrons. The standard InChI is InChI=1S/C31H36O15/c1-2-3-4-5-14-6-15(45-46-30-27(37)26(36)22(44-31(30)38)13-39-24(35)10-23(33)34)7-17-28(14)40-12-18-16-8-20-21(42-25(11-32)41-20)9-19(16)43-29(17)18/h6-9,18,22,25-27,29-32,36-38H,2-5,10-13H2,1H3,(H,33,34)/t18-,22+,25+,26+,27-,29+,30-,31+/m0/s1. The van der Waals surface area contributed by atoms with Gasteiger partial charge in [-0.05, 0) is 36.6 Å². The van der Waals surface area contributed by atoms with Crippen LogP contribution in [0.25, 0.3) is 0 Å². The van der Waals surface area contributed by atoms with Crippen LogP contribution in [0, 0.1) is 0 Å². The van der Waals surface area contributed by atoms with Gasteiger partial charge in [0.2, 0.25) is 0 Å². The molecular formula is C31H36O15. The van der Waals surface area contributed by atoms with Crippen LogP contribution in [-0.2, 0) is 30.4 Å². The normalized spacial score (nSPS) is 28.7. The van der Waals surface area contributed by atoms with Crippen molar-refractivity contribution in [2.24, 2.45) is 0 Å². The number of aliphatic carboxylic acids is 1. The summed E-state index contributed by atoms with van der Waals surface area (Å²) in [5.41, 5.74) is 2.43. The van der Waals surface area contributed by atoms with Crippen LogP contribution >= 0.6 is 0 Å². The summed E-state index contributed by atoms with van der Waals surface area (Å²) in [6.07, 6.45) is -6.62. The molecule has 2 aromatic rings. The zero-order valence-corrected chi connectivity index (χ0v) is 24.9. The molecule has 0 saturated carbocycles. The van der Waals surface area contributed by atoms with Gasteiger partial charge in [-0.3, -0.25) is 9.59 Å². The van der Waals surface area contributed by atoms with Crippen molar-refractivity contribution in [2.45, 2.75) is 88.0 Å². The number of carbonyl (C=O) groups is 2. The van der Waals surface area contributed by atoms with E-state index < -0.39 is 68.1 Å². The summed E-state index contributed by atoms with van der Waals surface area (Å²) in [5.74, 6) is -0.167. The van der Waals surface area contributed by atoms with Crippen LogP contribution < -0.4 is 23.8 Å². The summed E-state index contributed by atoms with van der Waals surface area (Å²) < 4.78 is 34.1. The maximum absolute atomic E-state index is 11.6. The summed E-state index contributed by atoms with van der Waals surface area (Å²) in [7, 11) is 0. The van der Waals surface area contributed by atoms with Gasteiger partial charge in [0.15, 0.2) is 29.6 Å². The molecule has 0 amide bonds. The number of unbranched alkanes of at least 4 members (excludes halogenated alkanes) is 2. The lowest BCUT2D eigenvalue weighted by atomic mass is 9.87. The van der Waals surface area contributed by atoms with Crippen LogP contribution in [0.4, 0.5) is 0 Å². The van der Waals surface area contributed by atoms with E-state index in [0.717, 1.165) is 30.4 Å². The summed E-state index contributed by atoms with van der Waals surface area (Å²) in [6.45, 7) is 1.56. The highest BCUT2D eigenvalue weighted by atomic mass is 17.2. The lowest BCUT2D eigenvalue weighted by Crippen LogP contribution is -2.59. The van der Waals surface area contributed by atoms with Gasteiger partial charge in [-0.15, -0.1) is 0 Å². The van der Waals surface area contributed by atoms with Crippen molar-refractivity contribution in [1.29, 1.82) is 0 Å². The number of benzene rings is 2. The predicted molar refractivity (Wildman–Crippen MR) is 151 cm³/mol. The molecule has 4 aliphatic rings. The highest BCUT2D eigenvalue weighted by Crippen LogP contribution is 2.55. The second-order valence-corrected chi connectivity index (χ2v) is 11.5. The molecule has 15 nitrogen and oxygen atoms in total. The summed E-state index contributed by atoms with van der Waals surface area (Å²) in [4.78, 5) is 33.2. The summed E-state index contributed by atoms with van der Waals surface area (Å²) in [5, 5.41) is 49.8. The first kappa shape index (κ1) is 32.1. The van der Waals surface area contributed by atoms with E-state index >= 15 is 0 Å². The molecule has 4 heterocycles. The average molecular weight is 649 g/mol. The third-order valence-corrected chi connectivity index (χ3v) is 8.31. The molecule has 1 fully saturated rings. The van der Waals surface area contributed by atoms with Crippen molar-refractivity contribution in [3.8, 4) is 28.7 Å². The van der Waals surface area contributed by atoms with Gasteiger partial charge < -0.3 is 58.8 Å². The Kier molecular flexibility index (Phi) is 9.40. The van der Waals surface area contributed by atoms with E-state index in [1.54, 1.807) is 18.2 Å². The minimum atomic E-state index is -1.79. The Hall–Kier alpha value is -3.86. The number of aliphatic hydroxyl groups is 4. The van der Waals surface area contributed by atoms with Crippen LogP contribution in [0.5, 0.6) is 28.7 Å². The first-order valence-corrected chi connectivity index (χ1v) is 15.2. The van der Waals surface area contributed by atoms with Gasteiger partial charge in [0, 0.05) is 17.2 Å². The van der Waals surface area contributed by atoms with E-state index in [2.05, 4.69) is 6.92 Å². The summed E-state index contributed by atoms with van der Waals surface area (Å²) >= 11 is 0. The zero-order chi connectivity index (χ0) is 32.5. The Morgan fingerprint density at radius 2 is 1.74 bits per heavy atom. The number of ether oxygens (including phenoxy) is 6. The van der Waals surface area contributed by atoms with E-state index in [-0.39, 0.29) is 18.3 Å². The molecule has 8 atom stereocenters. The number of aliphatic hydroxyl groups excluding tert-OH is 4. The van der Waals surface area contributed by atoms with Gasteiger partial charge in [-0.25, -0.2) is 0 Å². The fraction of sp³-hybridized carbons (Fsp3) is 0.548. The monoisotopic (exact) mass is 648 g/mol. The molecule has 1 saturated heterocycles. The second-order valence-electron chi connectivity index (χ2n) is 11.5. The van der Waals surface area contributed by atoms with Gasteiger partial charge in [-0.1, -0.05) is 19.8 Å². The number of aryl methyl sites for hydroxylation is 1. The number of rotatable bonds is 12. The molecule has 2 aromatic carbocycles. The topological polar surface area (TPSA) is 209 Å². The number of esters is 1. The quantitative estimate of drug-likeness (QED) is 0.0721. The number of hydrogen-bond donors (Lipinski definition) is 5. The molecule has 0 unspecified atom stereocenters. The predicted octanol–water partition coefficient (Wildman–Crippen LogP) is 1.25. The van der Waals surface area contributed by atoms with E-state index in [0.29, 0.717) is 41.6 Å². The van der Waals surface area contributed by atoms with Gasteiger partial charge in [0.25, 0.3) is 6.29 Å². The second kappa shape index (κ2) is 13.5. The molecule has 46 heavy (non-hydrogen) atoms. The molecule has 0 bridgehead atoms. The first-order chi connectivity index (χ1) is 22.2. The van der Waals surface area contributed by atoms with Crippen molar-refractivity contribution < 1.29 is 73.3 Å². The highest BCUT2D eigenvalue weighted by molar-refractivity contribution is 5.90. The van der Waals surface area contributed by atoms with E-state index in [9.17, 15) is 30.0 Å². The number of carboxylic acids is 1. The number of fused-ring (bicyclic) bond motifs is 6. The fourth-order valence-corrected chi connectivity index (χ4v) is 6.02. The highest BCUT2D eigenvalue weighted by Gasteiger charge is 2.47. The van der Waals surface area contributed by atoms with Gasteiger partial charge >= 0.3 is 11.9 Å². The largest absolute Gasteiger partial charge is 0.492 e. The van der Waals surface area contributed by atoms with Gasteiger partial charge in [-0.2, -0.15) is 4.89 Å². The van der Waals surface area contributed by atoms with Gasteiger partial charge in [0.05, 0.1) is 12.5 Å². The molecule has 15 heteroatoms. The van der Waals surface area contributed by atoms with Crippen molar-refractivity contribution in [1.82, 2.24) is 0 Å². The van der Waals surface area contributed by atoms with Crippen LogP contribution in [-0.4, -0.2) is 94.3 Å². The molecule has 0 spiro atoms. The third-order valence-electron chi connectivity index (χ3n) is 8.31. The first-order valence-electron chi connectivity index (χ1n) is 15.2. The Morgan fingerprint density at radius 3 is 2.48 bits per heavy atom. The third kappa shape index (κ3) is 6.38. The SMILES string of the molecule is CCCCCc1cc(OO[C@H]2[C@@H](O)[C@H](O)[C@@H](COC(=O)CC(=O)O)O[C@H]2O)cc2c1OC[C@H]1c3cc4c(cc3O[C@H]21)O[C@H](CO)O4. The minimum absolute atomic E-state index is 0.184. The van der Waals surface area contributed by atoms with Crippen molar-refractivity contribution >= 4 is 11.9 Å². The van der Waals surface area contributed by atoms with Crippen molar-refractivity contribution in [2.75, 3.05) is 19.8 Å². The van der Waals surface area contributed by atoms with E-state index in [1.165, 1.54) is 0 Å². The zero-order valence-electron chi connectivity index (χ0n) is 24.9. The Bertz CT molecular complexity index is 1450. The Morgan fingerprint density at radius 1 is 0.957 bits per heavy atom. The molecule has 0 aromatic heterocycles. The molecule has 0 aliphatic carbocycles. The molecule has 0 radical (unpaired) electrons. The van der Waals surface area contributed by atoms with Gasteiger partial charge in [0.1, 0.15) is 55.5 Å². The molecule has 6 rings (SSSR count). The Labute approximate surface area is 263 Å². The maximum atomic E-state index is 11.6. The van der Waals surface area contributed by atoms with Crippen molar-refractivity contribution in [3.05, 3.63) is 41.0 Å². The van der Waals surface area contributed by atoms with Crippen LogP contribution in [0.3, 0.4) is 0 Å². The Balaban J connectivity index is 1.18.